The summed E-state index contributed by atoms with van der Waals surface area (Å²) in [5.74, 6) is -0.0753. The van der Waals surface area contributed by atoms with E-state index >= 15 is 0 Å². The summed E-state index contributed by atoms with van der Waals surface area (Å²) in [4.78, 5) is 24.7. The van der Waals surface area contributed by atoms with E-state index in [9.17, 15) is 18.0 Å². The van der Waals surface area contributed by atoms with Crippen molar-refractivity contribution in [3.63, 3.8) is 0 Å². The molecule has 0 aliphatic rings. The summed E-state index contributed by atoms with van der Waals surface area (Å²) >= 11 is 0. The number of hydrogen-bond acceptors (Lipinski definition) is 6. The number of hydrogen-bond donors (Lipinski definition) is 0. The molecule has 9 heteroatoms. The number of carbonyl (C=O) groups excluding carboxylic acids is 1. The third-order valence-electron chi connectivity index (χ3n) is 3.82. The van der Waals surface area contributed by atoms with Crippen molar-refractivity contribution >= 4 is 11.7 Å². The molecule has 0 spiro atoms. The number of unbranched alkanes of at least 4 members (excludes halogenated alkanes) is 2. The Labute approximate surface area is 166 Å². The lowest BCUT2D eigenvalue weighted by Gasteiger charge is -2.10. The summed E-state index contributed by atoms with van der Waals surface area (Å²) in [5.41, 5.74) is -0.478. The smallest absolute Gasteiger partial charge is 0.416 e. The molecule has 1 aromatic heterocycles. The van der Waals surface area contributed by atoms with Crippen molar-refractivity contribution in [3.05, 3.63) is 59.7 Å². The SMILES string of the molecule is CCOC(=O)CCCCCO/N=C(/c1cccc(C(F)(F)F)c1)c1ncccn1. The van der Waals surface area contributed by atoms with E-state index in [1.165, 1.54) is 24.5 Å². The zero-order valence-electron chi connectivity index (χ0n) is 16.0. The molecule has 2 aromatic rings. The van der Waals surface area contributed by atoms with E-state index in [0.717, 1.165) is 18.6 Å². The van der Waals surface area contributed by atoms with Crippen LogP contribution in [0.2, 0.25) is 0 Å². The molecular formula is C20H22F3N3O3. The number of esters is 1. The largest absolute Gasteiger partial charge is 0.466 e. The van der Waals surface area contributed by atoms with Crippen LogP contribution in [0.25, 0.3) is 0 Å². The van der Waals surface area contributed by atoms with Crippen LogP contribution in [0, 0.1) is 0 Å². The zero-order valence-corrected chi connectivity index (χ0v) is 16.0. The van der Waals surface area contributed by atoms with Gasteiger partial charge in [0, 0.05) is 24.4 Å². The number of benzene rings is 1. The Balaban J connectivity index is 2.02. The molecule has 0 unspecified atom stereocenters. The van der Waals surface area contributed by atoms with Crippen molar-refractivity contribution in [2.24, 2.45) is 5.16 Å². The number of carbonyl (C=O) groups is 1. The van der Waals surface area contributed by atoms with Crippen LogP contribution < -0.4 is 0 Å². The van der Waals surface area contributed by atoms with Crippen molar-refractivity contribution in [1.82, 2.24) is 9.97 Å². The minimum absolute atomic E-state index is 0.114. The van der Waals surface area contributed by atoms with Crippen molar-refractivity contribution in [1.29, 1.82) is 0 Å². The molecule has 0 radical (unpaired) electrons. The van der Waals surface area contributed by atoms with Gasteiger partial charge in [0.15, 0.2) is 11.5 Å². The van der Waals surface area contributed by atoms with Crippen LogP contribution in [0.3, 0.4) is 0 Å². The first-order valence-corrected chi connectivity index (χ1v) is 9.22. The van der Waals surface area contributed by atoms with Gasteiger partial charge in [-0.15, -0.1) is 0 Å². The summed E-state index contributed by atoms with van der Waals surface area (Å²) in [5, 5.41) is 3.98. The second-order valence-corrected chi connectivity index (χ2v) is 6.04. The lowest BCUT2D eigenvalue weighted by Crippen LogP contribution is -2.12. The molecular weight excluding hydrogens is 387 g/mol. The van der Waals surface area contributed by atoms with Gasteiger partial charge < -0.3 is 9.57 Å². The van der Waals surface area contributed by atoms with Crippen LogP contribution in [0.4, 0.5) is 13.2 Å². The van der Waals surface area contributed by atoms with E-state index in [0.29, 0.717) is 25.9 Å². The molecule has 0 bridgehead atoms. The van der Waals surface area contributed by atoms with E-state index in [1.54, 1.807) is 13.0 Å². The summed E-state index contributed by atoms with van der Waals surface area (Å²) in [7, 11) is 0. The predicted molar refractivity (Wildman–Crippen MR) is 100 cm³/mol. The van der Waals surface area contributed by atoms with Gasteiger partial charge in [0.2, 0.25) is 0 Å². The minimum Gasteiger partial charge on any atom is -0.466 e. The molecule has 0 N–H and O–H groups in total. The van der Waals surface area contributed by atoms with Crippen LogP contribution in [0.1, 0.15) is 49.6 Å². The second kappa shape index (κ2) is 11.1. The average Bonchev–Trinajstić information content (AvgIpc) is 2.70. The molecule has 0 saturated heterocycles. The third kappa shape index (κ3) is 7.52. The zero-order chi connectivity index (χ0) is 21.1. The van der Waals surface area contributed by atoms with Gasteiger partial charge in [-0.2, -0.15) is 13.2 Å². The fourth-order valence-corrected chi connectivity index (χ4v) is 2.44. The lowest BCUT2D eigenvalue weighted by molar-refractivity contribution is -0.143. The first-order valence-electron chi connectivity index (χ1n) is 9.22. The van der Waals surface area contributed by atoms with Gasteiger partial charge in [-0.25, -0.2) is 9.97 Å². The molecule has 0 saturated carbocycles. The minimum atomic E-state index is -4.47. The number of ether oxygens (including phenoxy) is 1. The highest BCUT2D eigenvalue weighted by atomic mass is 19.4. The Morgan fingerprint density at radius 1 is 1.10 bits per heavy atom. The number of oxime groups is 1. The quantitative estimate of drug-likeness (QED) is 0.252. The average molecular weight is 409 g/mol. The maximum Gasteiger partial charge on any atom is 0.416 e. The Bertz CT molecular complexity index is 811. The van der Waals surface area contributed by atoms with E-state index in [4.69, 9.17) is 9.57 Å². The molecule has 29 heavy (non-hydrogen) atoms. The van der Waals surface area contributed by atoms with E-state index in [1.807, 2.05) is 0 Å². The van der Waals surface area contributed by atoms with E-state index in [-0.39, 0.29) is 29.7 Å². The van der Waals surface area contributed by atoms with Crippen molar-refractivity contribution < 1.29 is 27.5 Å². The van der Waals surface area contributed by atoms with Gasteiger partial charge >= 0.3 is 12.1 Å². The van der Waals surface area contributed by atoms with Gasteiger partial charge in [-0.1, -0.05) is 17.3 Å². The maximum absolute atomic E-state index is 13.0. The third-order valence-corrected chi connectivity index (χ3v) is 3.82. The monoisotopic (exact) mass is 409 g/mol. The topological polar surface area (TPSA) is 73.7 Å². The van der Waals surface area contributed by atoms with E-state index in [2.05, 4.69) is 15.1 Å². The summed E-state index contributed by atoms with van der Waals surface area (Å²) < 4.78 is 43.9. The van der Waals surface area contributed by atoms with Gasteiger partial charge in [0.05, 0.1) is 12.2 Å². The Kier molecular flexibility index (Phi) is 8.57. The molecule has 0 fully saturated rings. The van der Waals surface area contributed by atoms with Crippen LogP contribution in [0.5, 0.6) is 0 Å². The summed E-state index contributed by atoms with van der Waals surface area (Å²) in [6, 6.07) is 6.35. The van der Waals surface area contributed by atoms with Crippen molar-refractivity contribution in [2.75, 3.05) is 13.2 Å². The second-order valence-electron chi connectivity index (χ2n) is 6.04. The number of halogens is 3. The van der Waals surface area contributed by atoms with Gasteiger partial charge in [0.1, 0.15) is 6.61 Å². The molecule has 2 rings (SSSR count). The molecule has 6 nitrogen and oxygen atoms in total. The fourth-order valence-electron chi connectivity index (χ4n) is 2.44. The highest BCUT2D eigenvalue weighted by Gasteiger charge is 2.31. The normalized spacial score (nSPS) is 11.9. The molecule has 0 aliphatic heterocycles. The Hall–Kier alpha value is -2.97. The van der Waals surface area contributed by atoms with Crippen LogP contribution in [0.15, 0.2) is 47.9 Å². The van der Waals surface area contributed by atoms with Crippen LogP contribution in [-0.2, 0) is 20.5 Å². The fraction of sp³-hybridized carbons (Fsp3) is 0.400. The molecule has 0 aliphatic carbocycles. The predicted octanol–water partition coefficient (Wildman–Crippen LogP) is 4.39. The van der Waals surface area contributed by atoms with Crippen molar-refractivity contribution in [2.45, 2.75) is 38.8 Å². The molecule has 156 valence electrons. The first kappa shape index (κ1) is 22.3. The Morgan fingerprint density at radius 2 is 1.86 bits per heavy atom. The van der Waals surface area contributed by atoms with Crippen LogP contribution >= 0.6 is 0 Å². The van der Waals surface area contributed by atoms with Gasteiger partial charge in [-0.05, 0) is 44.4 Å². The summed E-state index contributed by atoms with van der Waals surface area (Å²) in [6.45, 7) is 2.36. The number of rotatable bonds is 10. The first-order chi connectivity index (χ1) is 13.9. The Morgan fingerprint density at radius 3 is 2.55 bits per heavy atom. The van der Waals surface area contributed by atoms with Crippen LogP contribution in [-0.4, -0.2) is 34.9 Å². The molecule has 0 amide bonds. The molecule has 0 atom stereocenters. The van der Waals surface area contributed by atoms with Gasteiger partial charge in [-0.3, -0.25) is 4.79 Å². The molecule has 1 heterocycles. The molecule has 1 aromatic carbocycles. The number of aromatic nitrogens is 2. The highest BCUT2D eigenvalue weighted by molar-refractivity contribution is 6.10. The maximum atomic E-state index is 13.0. The van der Waals surface area contributed by atoms with Crippen molar-refractivity contribution in [3.8, 4) is 0 Å². The number of nitrogens with zero attached hydrogens (tertiary/aromatic N) is 3. The highest BCUT2D eigenvalue weighted by Crippen LogP contribution is 2.30. The van der Waals surface area contributed by atoms with E-state index < -0.39 is 11.7 Å². The summed E-state index contributed by atoms with van der Waals surface area (Å²) in [6.07, 6.45) is 0.836. The lowest BCUT2D eigenvalue weighted by atomic mass is 10.1. The standard InChI is InChI=1S/C20H22F3N3O3/c1-2-28-17(27)10-4-3-5-13-29-26-18(19-24-11-7-12-25-19)15-8-6-9-16(14-15)20(21,22)23/h6-9,11-12,14H,2-5,10,13H2,1H3/b26-18-. The number of alkyl halides is 3. The van der Waals surface area contributed by atoms with Gasteiger partial charge in [0.25, 0.3) is 0 Å².